The second-order valence-corrected chi connectivity index (χ2v) is 5.37. The van der Waals surface area contributed by atoms with Crippen LogP contribution in [0.15, 0.2) is 48.8 Å². The zero-order valence-electron chi connectivity index (χ0n) is 12.5. The Balaban J connectivity index is 1.65. The summed E-state index contributed by atoms with van der Waals surface area (Å²) in [6.07, 6.45) is 3.45. The Labute approximate surface area is 129 Å². The average Bonchev–Trinajstić information content (AvgIpc) is 2.56. The SMILES string of the molecule is CC1CN(c2ccc(NC(=O)c3cccnc3)cc2)CCO1. The lowest BCUT2D eigenvalue weighted by Crippen LogP contribution is -2.41. The van der Waals surface area contributed by atoms with Gasteiger partial charge in [0, 0.05) is 36.9 Å². The van der Waals surface area contributed by atoms with Crippen molar-refractivity contribution in [3.8, 4) is 0 Å². The van der Waals surface area contributed by atoms with Gasteiger partial charge in [0.15, 0.2) is 0 Å². The molecule has 2 heterocycles. The van der Waals surface area contributed by atoms with E-state index in [0.717, 1.165) is 31.1 Å². The normalized spacial score (nSPS) is 18.0. The van der Waals surface area contributed by atoms with E-state index in [4.69, 9.17) is 4.74 Å². The molecule has 1 aromatic heterocycles. The third-order valence-corrected chi connectivity index (χ3v) is 3.66. The fraction of sp³-hybridized carbons (Fsp3) is 0.294. The first kappa shape index (κ1) is 14.5. The van der Waals surface area contributed by atoms with Crippen molar-refractivity contribution in [2.75, 3.05) is 29.9 Å². The smallest absolute Gasteiger partial charge is 0.257 e. The number of pyridine rings is 1. The second-order valence-electron chi connectivity index (χ2n) is 5.37. The Morgan fingerprint density at radius 1 is 1.32 bits per heavy atom. The van der Waals surface area contributed by atoms with Crippen molar-refractivity contribution < 1.29 is 9.53 Å². The number of carbonyl (C=O) groups excluding carboxylic acids is 1. The number of anilines is 2. The van der Waals surface area contributed by atoms with Gasteiger partial charge in [-0.2, -0.15) is 0 Å². The molecule has 114 valence electrons. The zero-order chi connectivity index (χ0) is 15.4. The molecule has 1 unspecified atom stereocenters. The minimum Gasteiger partial charge on any atom is -0.375 e. The first-order chi connectivity index (χ1) is 10.7. The lowest BCUT2D eigenvalue weighted by Gasteiger charge is -2.33. The summed E-state index contributed by atoms with van der Waals surface area (Å²) in [6, 6.07) is 11.4. The Hall–Kier alpha value is -2.40. The quantitative estimate of drug-likeness (QED) is 0.946. The topological polar surface area (TPSA) is 54.5 Å². The molecule has 1 N–H and O–H groups in total. The highest BCUT2D eigenvalue weighted by Gasteiger charge is 2.16. The van der Waals surface area contributed by atoms with Gasteiger partial charge in [0.1, 0.15) is 0 Å². The molecule has 1 saturated heterocycles. The van der Waals surface area contributed by atoms with Gasteiger partial charge >= 0.3 is 0 Å². The van der Waals surface area contributed by atoms with Crippen LogP contribution >= 0.6 is 0 Å². The number of nitrogens with zero attached hydrogens (tertiary/aromatic N) is 2. The minimum atomic E-state index is -0.152. The van der Waals surface area contributed by atoms with Crippen LogP contribution in [0.2, 0.25) is 0 Å². The van der Waals surface area contributed by atoms with E-state index in [1.807, 2.05) is 24.3 Å². The van der Waals surface area contributed by atoms with E-state index < -0.39 is 0 Å². The largest absolute Gasteiger partial charge is 0.375 e. The average molecular weight is 297 g/mol. The number of ether oxygens (including phenoxy) is 1. The van der Waals surface area contributed by atoms with E-state index in [1.54, 1.807) is 24.5 Å². The molecule has 5 nitrogen and oxygen atoms in total. The molecule has 1 atom stereocenters. The first-order valence-corrected chi connectivity index (χ1v) is 7.40. The number of carbonyl (C=O) groups is 1. The zero-order valence-corrected chi connectivity index (χ0v) is 12.5. The Morgan fingerprint density at radius 3 is 2.82 bits per heavy atom. The van der Waals surface area contributed by atoms with Gasteiger partial charge in [0.2, 0.25) is 0 Å². The van der Waals surface area contributed by atoms with Gasteiger partial charge in [-0.3, -0.25) is 9.78 Å². The molecule has 0 radical (unpaired) electrons. The highest BCUT2D eigenvalue weighted by Crippen LogP contribution is 2.20. The maximum absolute atomic E-state index is 12.1. The summed E-state index contributed by atoms with van der Waals surface area (Å²) in [6.45, 7) is 4.61. The number of hydrogen-bond donors (Lipinski definition) is 1. The van der Waals surface area contributed by atoms with Crippen molar-refractivity contribution in [2.45, 2.75) is 13.0 Å². The monoisotopic (exact) mass is 297 g/mol. The molecule has 1 aliphatic heterocycles. The van der Waals surface area contributed by atoms with Gasteiger partial charge in [-0.15, -0.1) is 0 Å². The lowest BCUT2D eigenvalue weighted by molar-refractivity contribution is 0.0532. The van der Waals surface area contributed by atoms with Crippen LogP contribution in [0.5, 0.6) is 0 Å². The van der Waals surface area contributed by atoms with Gasteiger partial charge in [-0.05, 0) is 43.3 Å². The molecular formula is C17H19N3O2. The summed E-state index contributed by atoms with van der Waals surface area (Å²) in [5.41, 5.74) is 2.47. The van der Waals surface area contributed by atoms with Crippen molar-refractivity contribution in [2.24, 2.45) is 0 Å². The number of amides is 1. The van der Waals surface area contributed by atoms with Crippen molar-refractivity contribution in [1.29, 1.82) is 0 Å². The Morgan fingerprint density at radius 2 is 2.14 bits per heavy atom. The Bertz CT molecular complexity index is 628. The second kappa shape index (κ2) is 6.58. The third kappa shape index (κ3) is 3.43. The van der Waals surface area contributed by atoms with Gasteiger partial charge in [0.25, 0.3) is 5.91 Å². The van der Waals surface area contributed by atoms with Gasteiger partial charge in [-0.1, -0.05) is 0 Å². The van der Waals surface area contributed by atoms with E-state index >= 15 is 0 Å². The van der Waals surface area contributed by atoms with E-state index in [-0.39, 0.29) is 12.0 Å². The van der Waals surface area contributed by atoms with E-state index in [2.05, 4.69) is 22.1 Å². The maximum Gasteiger partial charge on any atom is 0.257 e. The van der Waals surface area contributed by atoms with Crippen molar-refractivity contribution in [3.05, 3.63) is 54.4 Å². The van der Waals surface area contributed by atoms with Crippen LogP contribution in [-0.2, 0) is 4.74 Å². The molecule has 1 amide bonds. The molecule has 0 bridgehead atoms. The van der Waals surface area contributed by atoms with Gasteiger partial charge in [-0.25, -0.2) is 0 Å². The van der Waals surface area contributed by atoms with Crippen LogP contribution in [0.1, 0.15) is 17.3 Å². The van der Waals surface area contributed by atoms with Crippen LogP contribution < -0.4 is 10.2 Å². The molecule has 1 fully saturated rings. The van der Waals surface area contributed by atoms with Gasteiger partial charge < -0.3 is 15.0 Å². The van der Waals surface area contributed by atoms with Crippen molar-refractivity contribution in [1.82, 2.24) is 4.98 Å². The number of benzene rings is 1. The summed E-state index contributed by atoms with van der Waals surface area (Å²) in [5.74, 6) is -0.152. The molecule has 1 aromatic carbocycles. The molecule has 5 heteroatoms. The summed E-state index contributed by atoms with van der Waals surface area (Å²) in [4.78, 5) is 18.3. The fourth-order valence-corrected chi connectivity index (χ4v) is 2.51. The predicted molar refractivity (Wildman–Crippen MR) is 86.3 cm³/mol. The lowest BCUT2D eigenvalue weighted by atomic mass is 10.2. The fourth-order valence-electron chi connectivity index (χ4n) is 2.51. The van der Waals surface area contributed by atoms with Crippen molar-refractivity contribution >= 4 is 17.3 Å². The summed E-state index contributed by atoms with van der Waals surface area (Å²) < 4.78 is 5.55. The molecule has 2 aromatic rings. The number of aromatic nitrogens is 1. The Kier molecular flexibility index (Phi) is 4.34. The van der Waals surface area contributed by atoms with Crippen LogP contribution in [0.4, 0.5) is 11.4 Å². The number of nitrogens with one attached hydrogen (secondary N) is 1. The maximum atomic E-state index is 12.1. The van der Waals surface area contributed by atoms with E-state index in [1.165, 1.54) is 0 Å². The molecule has 22 heavy (non-hydrogen) atoms. The van der Waals surface area contributed by atoms with Gasteiger partial charge in [0.05, 0.1) is 18.3 Å². The number of morpholine rings is 1. The van der Waals surface area contributed by atoms with Crippen LogP contribution in [0.3, 0.4) is 0 Å². The summed E-state index contributed by atoms with van der Waals surface area (Å²) >= 11 is 0. The molecule has 0 spiro atoms. The van der Waals surface area contributed by atoms with Crippen LogP contribution in [0, 0.1) is 0 Å². The van der Waals surface area contributed by atoms with E-state index in [9.17, 15) is 4.79 Å². The first-order valence-electron chi connectivity index (χ1n) is 7.40. The highest BCUT2D eigenvalue weighted by atomic mass is 16.5. The standard InChI is InChI=1S/C17H19N3O2/c1-13-12-20(9-10-22-13)16-6-4-15(5-7-16)19-17(21)14-3-2-8-18-11-14/h2-8,11,13H,9-10,12H2,1H3,(H,19,21). The molecule has 1 aliphatic rings. The number of rotatable bonds is 3. The number of hydrogen-bond acceptors (Lipinski definition) is 4. The minimum absolute atomic E-state index is 0.152. The van der Waals surface area contributed by atoms with Crippen molar-refractivity contribution in [3.63, 3.8) is 0 Å². The van der Waals surface area contributed by atoms with Crippen LogP contribution in [-0.4, -0.2) is 36.7 Å². The predicted octanol–water partition coefficient (Wildman–Crippen LogP) is 2.56. The highest BCUT2D eigenvalue weighted by molar-refractivity contribution is 6.04. The van der Waals surface area contributed by atoms with Crippen LogP contribution in [0.25, 0.3) is 0 Å². The summed E-state index contributed by atoms with van der Waals surface area (Å²) in [7, 11) is 0. The summed E-state index contributed by atoms with van der Waals surface area (Å²) in [5, 5.41) is 2.87. The molecular weight excluding hydrogens is 278 g/mol. The molecule has 3 rings (SSSR count). The van der Waals surface area contributed by atoms with E-state index in [0.29, 0.717) is 5.56 Å². The third-order valence-electron chi connectivity index (χ3n) is 3.66. The molecule has 0 saturated carbocycles. The molecule has 0 aliphatic carbocycles.